The molecule has 2 amide bonds. The molecule has 9 heteroatoms. The average molecular weight is 389 g/mol. The van der Waals surface area contributed by atoms with Gasteiger partial charge >= 0.3 is 5.97 Å². The molecule has 0 unspecified atom stereocenters. The number of hydrogen-bond acceptors (Lipinski definition) is 5. The van der Waals surface area contributed by atoms with Crippen LogP contribution < -0.4 is 10.5 Å². The second-order valence-electron chi connectivity index (χ2n) is 5.53. The van der Waals surface area contributed by atoms with Gasteiger partial charge in [-0.25, -0.2) is 4.79 Å². The van der Waals surface area contributed by atoms with Gasteiger partial charge in [-0.1, -0.05) is 23.2 Å². The Bertz CT molecular complexity index is 668. The van der Waals surface area contributed by atoms with Crippen molar-refractivity contribution in [3.05, 3.63) is 28.2 Å². The molecule has 1 atom stereocenters. The van der Waals surface area contributed by atoms with Gasteiger partial charge in [0, 0.05) is 11.6 Å². The Labute approximate surface area is 154 Å². The molecule has 0 saturated carbocycles. The summed E-state index contributed by atoms with van der Waals surface area (Å²) >= 11 is 11.7. The van der Waals surface area contributed by atoms with Gasteiger partial charge in [0.05, 0.1) is 5.02 Å². The number of piperidine rings is 1. The number of amides is 2. The van der Waals surface area contributed by atoms with Gasteiger partial charge in [-0.05, 0) is 37.5 Å². The van der Waals surface area contributed by atoms with Crippen LogP contribution in [0.25, 0.3) is 0 Å². The number of hydrogen-bond donors (Lipinski definition) is 1. The van der Waals surface area contributed by atoms with E-state index in [2.05, 4.69) is 0 Å². The summed E-state index contributed by atoms with van der Waals surface area (Å²) in [5.41, 5.74) is 5.31. The molecule has 0 radical (unpaired) electrons. The molecule has 0 aliphatic carbocycles. The normalized spacial score (nSPS) is 17.0. The van der Waals surface area contributed by atoms with E-state index in [9.17, 15) is 14.4 Å². The third kappa shape index (κ3) is 5.51. The first kappa shape index (κ1) is 19.3. The molecule has 1 heterocycles. The summed E-state index contributed by atoms with van der Waals surface area (Å²) in [7, 11) is 0. The molecule has 1 aliphatic heterocycles. The maximum atomic E-state index is 12.1. The van der Waals surface area contributed by atoms with E-state index in [0.717, 1.165) is 12.8 Å². The van der Waals surface area contributed by atoms with Crippen LogP contribution in [-0.4, -0.2) is 48.5 Å². The summed E-state index contributed by atoms with van der Waals surface area (Å²) in [5.74, 6) is -1.47. The Balaban J connectivity index is 1.80. The van der Waals surface area contributed by atoms with Gasteiger partial charge in [0.1, 0.15) is 11.8 Å². The maximum absolute atomic E-state index is 12.1. The predicted molar refractivity (Wildman–Crippen MR) is 91.5 cm³/mol. The molecule has 0 bridgehead atoms. The van der Waals surface area contributed by atoms with Gasteiger partial charge in [0.2, 0.25) is 5.91 Å². The number of carbonyl (C=O) groups is 3. The van der Waals surface area contributed by atoms with Gasteiger partial charge in [-0.15, -0.1) is 0 Å². The summed E-state index contributed by atoms with van der Waals surface area (Å²) < 4.78 is 10.1. The van der Waals surface area contributed by atoms with Gasteiger partial charge in [-0.3, -0.25) is 9.59 Å². The van der Waals surface area contributed by atoms with E-state index in [-0.39, 0.29) is 10.8 Å². The third-order valence-electron chi connectivity index (χ3n) is 3.75. The molecule has 2 N–H and O–H groups in total. The lowest BCUT2D eigenvalue weighted by atomic mass is 10.0. The van der Waals surface area contributed by atoms with Crippen LogP contribution in [0, 0.1) is 0 Å². The molecule has 7 nitrogen and oxygen atoms in total. The van der Waals surface area contributed by atoms with Crippen LogP contribution in [0.5, 0.6) is 5.75 Å². The lowest BCUT2D eigenvalue weighted by Crippen LogP contribution is -2.51. The number of carbonyl (C=O) groups excluding carboxylic acids is 3. The number of ether oxygens (including phenoxy) is 2. The van der Waals surface area contributed by atoms with Crippen molar-refractivity contribution in [3.63, 3.8) is 0 Å². The van der Waals surface area contributed by atoms with Gasteiger partial charge in [-0.2, -0.15) is 0 Å². The van der Waals surface area contributed by atoms with E-state index in [1.807, 2.05) is 0 Å². The number of nitrogens with two attached hydrogens (primary N) is 1. The first-order chi connectivity index (χ1) is 11.9. The highest BCUT2D eigenvalue weighted by atomic mass is 35.5. The van der Waals surface area contributed by atoms with Gasteiger partial charge in [0.15, 0.2) is 13.2 Å². The van der Waals surface area contributed by atoms with Crippen molar-refractivity contribution in [1.82, 2.24) is 4.90 Å². The van der Waals surface area contributed by atoms with Crippen LogP contribution in [0.1, 0.15) is 19.3 Å². The number of halogens is 2. The SMILES string of the molecule is NC(=O)[C@H]1CCCCN1C(=O)COC(=O)COc1ccc(Cl)cc1Cl. The number of primary amides is 1. The lowest BCUT2D eigenvalue weighted by Gasteiger charge is -2.33. The van der Waals surface area contributed by atoms with E-state index in [4.69, 9.17) is 38.4 Å². The third-order valence-corrected chi connectivity index (χ3v) is 4.28. The Hall–Kier alpha value is -1.99. The van der Waals surface area contributed by atoms with Crippen LogP contribution in [0.2, 0.25) is 10.0 Å². The van der Waals surface area contributed by atoms with Crippen molar-refractivity contribution in [2.24, 2.45) is 5.73 Å². The molecular weight excluding hydrogens is 371 g/mol. The number of likely N-dealkylation sites (tertiary alicyclic amines) is 1. The first-order valence-electron chi connectivity index (χ1n) is 7.70. The Morgan fingerprint density at radius 3 is 2.64 bits per heavy atom. The molecule has 1 aromatic rings. The number of nitrogens with zero attached hydrogens (tertiary/aromatic N) is 1. The summed E-state index contributed by atoms with van der Waals surface area (Å²) in [4.78, 5) is 36.6. The van der Waals surface area contributed by atoms with Crippen LogP contribution in [0.3, 0.4) is 0 Å². The number of rotatable bonds is 6. The molecule has 1 fully saturated rings. The minimum Gasteiger partial charge on any atom is -0.480 e. The fourth-order valence-corrected chi connectivity index (χ4v) is 2.98. The van der Waals surface area contributed by atoms with Crippen LogP contribution in [0.15, 0.2) is 18.2 Å². The highest BCUT2D eigenvalue weighted by molar-refractivity contribution is 6.35. The summed E-state index contributed by atoms with van der Waals surface area (Å²) in [6.45, 7) is -0.463. The number of esters is 1. The zero-order valence-corrected chi connectivity index (χ0v) is 14.9. The second kappa shape index (κ2) is 8.92. The zero-order valence-electron chi connectivity index (χ0n) is 13.4. The van der Waals surface area contributed by atoms with Gasteiger partial charge < -0.3 is 20.1 Å². The highest BCUT2D eigenvalue weighted by Gasteiger charge is 2.30. The Kier molecular flexibility index (Phi) is 6.90. The Morgan fingerprint density at radius 2 is 1.96 bits per heavy atom. The van der Waals surface area contributed by atoms with Crippen molar-refractivity contribution in [2.45, 2.75) is 25.3 Å². The van der Waals surface area contributed by atoms with E-state index in [0.29, 0.717) is 18.0 Å². The lowest BCUT2D eigenvalue weighted by molar-refractivity contribution is -0.156. The molecular formula is C16H18Cl2N2O5. The summed E-state index contributed by atoms with van der Waals surface area (Å²) in [6, 6.07) is 3.92. The standard InChI is InChI=1S/C16H18Cl2N2O5/c17-10-4-5-13(11(18)7-10)24-9-15(22)25-8-14(21)20-6-2-1-3-12(20)16(19)23/h4-5,7,12H,1-3,6,8-9H2,(H2,19,23)/t12-/m1/s1. The highest BCUT2D eigenvalue weighted by Crippen LogP contribution is 2.27. The first-order valence-corrected chi connectivity index (χ1v) is 8.46. The van der Waals surface area contributed by atoms with Gasteiger partial charge in [0.25, 0.3) is 5.91 Å². The predicted octanol–water partition coefficient (Wildman–Crippen LogP) is 1.78. The van der Waals surface area contributed by atoms with Crippen molar-refractivity contribution in [3.8, 4) is 5.75 Å². The van der Waals surface area contributed by atoms with Crippen molar-refractivity contribution >= 4 is 41.0 Å². The van der Waals surface area contributed by atoms with Crippen LogP contribution >= 0.6 is 23.2 Å². The molecule has 25 heavy (non-hydrogen) atoms. The monoisotopic (exact) mass is 388 g/mol. The summed E-state index contributed by atoms with van der Waals surface area (Å²) in [6.07, 6.45) is 2.13. The second-order valence-corrected chi connectivity index (χ2v) is 6.37. The molecule has 1 saturated heterocycles. The van der Waals surface area contributed by atoms with Crippen LogP contribution in [0.4, 0.5) is 0 Å². The van der Waals surface area contributed by atoms with Crippen LogP contribution in [-0.2, 0) is 19.1 Å². The molecule has 0 aromatic heterocycles. The average Bonchev–Trinajstić information content (AvgIpc) is 2.58. The molecule has 1 aliphatic rings. The molecule has 136 valence electrons. The Morgan fingerprint density at radius 1 is 1.20 bits per heavy atom. The largest absolute Gasteiger partial charge is 0.480 e. The maximum Gasteiger partial charge on any atom is 0.344 e. The quantitative estimate of drug-likeness (QED) is 0.748. The van der Waals surface area contributed by atoms with Crippen molar-refractivity contribution < 1.29 is 23.9 Å². The fraction of sp³-hybridized carbons (Fsp3) is 0.438. The number of benzene rings is 1. The van der Waals surface area contributed by atoms with Crippen molar-refractivity contribution in [1.29, 1.82) is 0 Å². The molecule has 0 spiro atoms. The van der Waals surface area contributed by atoms with Crippen molar-refractivity contribution in [2.75, 3.05) is 19.8 Å². The van der Waals surface area contributed by atoms with E-state index in [1.165, 1.54) is 17.0 Å². The zero-order chi connectivity index (χ0) is 18.4. The topological polar surface area (TPSA) is 98.9 Å². The van der Waals surface area contributed by atoms with E-state index < -0.39 is 37.0 Å². The van der Waals surface area contributed by atoms with E-state index in [1.54, 1.807) is 6.07 Å². The molecule has 2 rings (SSSR count). The fourth-order valence-electron chi connectivity index (χ4n) is 2.52. The van der Waals surface area contributed by atoms with E-state index >= 15 is 0 Å². The molecule has 1 aromatic carbocycles. The smallest absolute Gasteiger partial charge is 0.344 e. The minimum absolute atomic E-state index is 0.258. The summed E-state index contributed by atoms with van der Waals surface area (Å²) in [5, 5.41) is 0.699. The minimum atomic E-state index is -0.730.